The molecule has 0 amide bonds. The predicted molar refractivity (Wildman–Crippen MR) is 67.2 cm³/mol. The van der Waals surface area contributed by atoms with Gasteiger partial charge in [-0.05, 0) is 35.4 Å². The second-order valence-corrected chi connectivity index (χ2v) is 3.44. The van der Waals surface area contributed by atoms with Gasteiger partial charge in [0.15, 0.2) is 0 Å². The van der Waals surface area contributed by atoms with Crippen molar-refractivity contribution in [2.45, 2.75) is 0 Å². The molecule has 0 N–H and O–H groups in total. The van der Waals surface area contributed by atoms with Gasteiger partial charge < -0.3 is 4.74 Å². The van der Waals surface area contributed by atoms with Crippen molar-refractivity contribution in [2.24, 2.45) is 0 Å². The Kier molecular flexibility index (Phi) is 3.39. The average Bonchev–Trinajstić information content (AvgIpc) is 2.38. The first-order valence-electron chi connectivity index (χ1n) is 5.17. The van der Waals surface area contributed by atoms with E-state index < -0.39 is 0 Å². The fraction of sp³-hybridized carbons (Fsp3) is 0.0667. The van der Waals surface area contributed by atoms with Crippen molar-refractivity contribution in [3.63, 3.8) is 0 Å². The van der Waals surface area contributed by atoms with Crippen molar-refractivity contribution in [2.75, 3.05) is 7.11 Å². The Labute approximate surface area is 96.0 Å². The second kappa shape index (κ2) is 5.17. The Morgan fingerprint density at radius 2 is 1.75 bits per heavy atom. The highest BCUT2D eigenvalue weighted by Gasteiger charge is 1.90. The Morgan fingerprint density at radius 3 is 2.38 bits per heavy atom. The van der Waals surface area contributed by atoms with Crippen LogP contribution in [0, 0.1) is 6.07 Å². The minimum atomic E-state index is 0.880. The Bertz CT molecular complexity index is 455. The maximum Gasteiger partial charge on any atom is 0.118 e. The van der Waals surface area contributed by atoms with E-state index in [1.807, 2.05) is 42.5 Å². The van der Waals surface area contributed by atoms with Gasteiger partial charge in [0.2, 0.25) is 0 Å². The van der Waals surface area contributed by atoms with Crippen LogP contribution < -0.4 is 4.74 Å². The lowest BCUT2D eigenvalue weighted by Crippen LogP contribution is -1.81. The summed E-state index contributed by atoms with van der Waals surface area (Å²) in [6.07, 6.45) is 4.14. The third kappa shape index (κ3) is 2.74. The molecule has 0 saturated carbocycles. The minimum absolute atomic E-state index is 0.880. The number of ether oxygens (including phenoxy) is 1. The van der Waals surface area contributed by atoms with Gasteiger partial charge in [-0.3, -0.25) is 0 Å². The molecule has 2 rings (SSSR count). The van der Waals surface area contributed by atoms with Crippen LogP contribution in [0.25, 0.3) is 12.2 Å². The standard InChI is InChI=1S/C15H13O/c1-16-15-11-9-14(10-12-15)8-7-13-5-3-2-4-6-13/h2-3,5-12H,1H3. The molecule has 16 heavy (non-hydrogen) atoms. The molecule has 1 heteroatoms. The molecule has 1 radical (unpaired) electrons. The molecular formula is C15H13O. The quantitative estimate of drug-likeness (QED) is 0.701. The van der Waals surface area contributed by atoms with Gasteiger partial charge in [-0.15, -0.1) is 0 Å². The molecule has 0 unspecified atom stereocenters. The second-order valence-electron chi connectivity index (χ2n) is 3.44. The average molecular weight is 209 g/mol. The van der Waals surface area contributed by atoms with Gasteiger partial charge in [0.1, 0.15) is 5.75 Å². The van der Waals surface area contributed by atoms with Gasteiger partial charge in [0.05, 0.1) is 7.11 Å². The first-order chi connectivity index (χ1) is 7.88. The number of rotatable bonds is 3. The molecule has 0 atom stereocenters. The maximum absolute atomic E-state index is 5.10. The summed E-state index contributed by atoms with van der Waals surface area (Å²) in [5.41, 5.74) is 2.31. The number of hydrogen-bond acceptors (Lipinski definition) is 1. The molecule has 0 saturated heterocycles. The molecule has 0 aliphatic rings. The smallest absolute Gasteiger partial charge is 0.118 e. The minimum Gasteiger partial charge on any atom is -0.497 e. The van der Waals surface area contributed by atoms with Gasteiger partial charge in [-0.1, -0.05) is 42.5 Å². The van der Waals surface area contributed by atoms with E-state index in [1.54, 1.807) is 7.11 Å². The summed E-state index contributed by atoms with van der Waals surface area (Å²) in [6, 6.07) is 18.9. The van der Waals surface area contributed by atoms with E-state index in [9.17, 15) is 0 Å². The molecule has 0 aliphatic heterocycles. The van der Waals surface area contributed by atoms with Gasteiger partial charge >= 0.3 is 0 Å². The lowest BCUT2D eigenvalue weighted by Gasteiger charge is -1.99. The molecule has 0 aromatic heterocycles. The van der Waals surface area contributed by atoms with Gasteiger partial charge in [-0.25, -0.2) is 0 Å². The molecule has 1 nitrogen and oxygen atoms in total. The van der Waals surface area contributed by atoms with Crippen LogP contribution in [0.1, 0.15) is 11.1 Å². The first-order valence-corrected chi connectivity index (χ1v) is 5.17. The fourth-order valence-electron chi connectivity index (χ4n) is 1.42. The monoisotopic (exact) mass is 209 g/mol. The highest BCUT2D eigenvalue weighted by Crippen LogP contribution is 2.13. The summed E-state index contributed by atoms with van der Waals surface area (Å²) >= 11 is 0. The van der Waals surface area contributed by atoms with Crippen LogP contribution in [-0.4, -0.2) is 7.11 Å². The Morgan fingerprint density at radius 1 is 1.00 bits per heavy atom. The molecular weight excluding hydrogens is 196 g/mol. The van der Waals surface area contributed by atoms with E-state index in [0.717, 1.165) is 16.9 Å². The largest absolute Gasteiger partial charge is 0.497 e. The lowest BCUT2D eigenvalue weighted by molar-refractivity contribution is 0.415. The van der Waals surface area contributed by atoms with Crippen LogP contribution >= 0.6 is 0 Å². The molecule has 79 valence electrons. The molecule has 0 spiro atoms. The van der Waals surface area contributed by atoms with E-state index in [4.69, 9.17) is 4.74 Å². The molecule has 0 aliphatic carbocycles. The third-order valence-corrected chi connectivity index (χ3v) is 2.32. The van der Waals surface area contributed by atoms with Gasteiger partial charge in [0.25, 0.3) is 0 Å². The van der Waals surface area contributed by atoms with Gasteiger partial charge in [-0.2, -0.15) is 0 Å². The predicted octanol–water partition coefficient (Wildman–Crippen LogP) is 3.67. The summed E-state index contributed by atoms with van der Waals surface area (Å²) in [5.74, 6) is 0.880. The van der Waals surface area contributed by atoms with Crippen LogP contribution in [0.2, 0.25) is 0 Å². The Hall–Kier alpha value is -2.02. The zero-order valence-electron chi connectivity index (χ0n) is 9.18. The first kappa shape index (κ1) is 10.5. The number of benzene rings is 2. The van der Waals surface area contributed by atoms with E-state index in [0.29, 0.717) is 0 Å². The Balaban J connectivity index is 2.12. The molecule has 2 aromatic carbocycles. The van der Waals surface area contributed by atoms with E-state index in [1.165, 1.54) is 0 Å². The lowest BCUT2D eigenvalue weighted by atomic mass is 10.1. The van der Waals surface area contributed by atoms with E-state index >= 15 is 0 Å². The molecule has 0 fully saturated rings. The summed E-state index contributed by atoms with van der Waals surface area (Å²) in [6.45, 7) is 0. The zero-order chi connectivity index (χ0) is 11.2. The maximum atomic E-state index is 5.10. The van der Waals surface area contributed by atoms with Crippen molar-refractivity contribution in [3.8, 4) is 5.75 Å². The number of methoxy groups -OCH3 is 1. The van der Waals surface area contributed by atoms with Gasteiger partial charge in [0, 0.05) is 0 Å². The van der Waals surface area contributed by atoms with Crippen LogP contribution in [-0.2, 0) is 0 Å². The van der Waals surface area contributed by atoms with E-state index in [2.05, 4.69) is 24.3 Å². The van der Waals surface area contributed by atoms with Crippen LogP contribution in [0.15, 0.2) is 48.5 Å². The fourth-order valence-corrected chi connectivity index (χ4v) is 1.42. The van der Waals surface area contributed by atoms with Crippen molar-refractivity contribution >= 4 is 12.2 Å². The topological polar surface area (TPSA) is 9.23 Å². The summed E-state index contributed by atoms with van der Waals surface area (Å²) in [7, 11) is 1.67. The summed E-state index contributed by atoms with van der Waals surface area (Å²) < 4.78 is 5.10. The van der Waals surface area contributed by atoms with Crippen molar-refractivity contribution in [1.29, 1.82) is 0 Å². The van der Waals surface area contributed by atoms with Crippen LogP contribution in [0.5, 0.6) is 5.75 Å². The van der Waals surface area contributed by atoms with Crippen molar-refractivity contribution in [3.05, 3.63) is 65.7 Å². The highest BCUT2D eigenvalue weighted by atomic mass is 16.5. The van der Waals surface area contributed by atoms with Crippen LogP contribution in [0.4, 0.5) is 0 Å². The summed E-state index contributed by atoms with van der Waals surface area (Å²) in [5, 5.41) is 0. The highest BCUT2D eigenvalue weighted by molar-refractivity contribution is 5.69. The van der Waals surface area contributed by atoms with E-state index in [-0.39, 0.29) is 0 Å². The van der Waals surface area contributed by atoms with Crippen molar-refractivity contribution in [1.82, 2.24) is 0 Å². The summed E-state index contributed by atoms with van der Waals surface area (Å²) in [4.78, 5) is 0. The molecule has 0 bridgehead atoms. The molecule has 2 aromatic rings. The van der Waals surface area contributed by atoms with Crippen LogP contribution in [0.3, 0.4) is 0 Å². The zero-order valence-corrected chi connectivity index (χ0v) is 9.18. The SMILES string of the molecule is COc1ccc(C=Cc2c[c]ccc2)cc1. The number of hydrogen-bond donors (Lipinski definition) is 0. The third-order valence-electron chi connectivity index (χ3n) is 2.32. The molecule has 0 heterocycles. The van der Waals surface area contributed by atoms with Crippen molar-refractivity contribution < 1.29 is 4.74 Å². The normalized spacial score (nSPS) is 10.6.